The number of allylic oxidation sites excluding steroid dienone is 2. The van der Waals surface area contributed by atoms with Crippen molar-refractivity contribution in [1.82, 2.24) is 0 Å². The molecule has 4 heteroatoms. The number of hydrogen-bond acceptors (Lipinski definition) is 3. The minimum atomic E-state index is -1.12. The Morgan fingerprint density at radius 1 is 0.875 bits per heavy atom. The predicted octanol–water partition coefficient (Wildman–Crippen LogP) is 6.02. The average molecular weight is 344 g/mol. The number of benzene rings is 2. The van der Waals surface area contributed by atoms with Crippen LogP contribution in [-0.2, 0) is 27.0 Å². The second kappa shape index (κ2) is 11.0. The van der Waals surface area contributed by atoms with E-state index in [1.54, 1.807) is 0 Å². The molecule has 0 radical (unpaired) electrons. The first-order valence-corrected chi connectivity index (χ1v) is 9.57. The van der Waals surface area contributed by atoms with Gasteiger partial charge in [0.2, 0.25) is 8.38 Å². The van der Waals surface area contributed by atoms with Crippen molar-refractivity contribution in [2.75, 3.05) is 6.35 Å². The summed E-state index contributed by atoms with van der Waals surface area (Å²) in [4.78, 5) is 0. The van der Waals surface area contributed by atoms with E-state index in [1.807, 2.05) is 49.4 Å². The molecule has 0 atom stereocenters. The van der Waals surface area contributed by atoms with Crippen LogP contribution in [0, 0.1) is 0 Å². The van der Waals surface area contributed by atoms with Gasteiger partial charge in [0.1, 0.15) is 0 Å². The van der Waals surface area contributed by atoms with Crippen molar-refractivity contribution in [3.05, 3.63) is 83.6 Å². The highest BCUT2D eigenvalue weighted by Gasteiger charge is 2.13. The van der Waals surface area contributed by atoms with Gasteiger partial charge >= 0.3 is 0 Å². The van der Waals surface area contributed by atoms with Crippen molar-refractivity contribution in [3.8, 4) is 0 Å². The standard InChI is InChI=1S/C20H25O3P/c1-3-20(4-2)21-17-24(22-15-18-11-7-5-8-12-18)23-16-19-13-9-6-10-14-19/h3,5-14H,4,15-17H2,1-2H3/b20-3+. The van der Waals surface area contributed by atoms with E-state index < -0.39 is 8.38 Å². The summed E-state index contributed by atoms with van der Waals surface area (Å²) in [6, 6.07) is 20.2. The normalized spacial score (nSPS) is 11.7. The van der Waals surface area contributed by atoms with E-state index in [0.29, 0.717) is 19.6 Å². The van der Waals surface area contributed by atoms with Crippen LogP contribution in [-0.4, -0.2) is 6.35 Å². The van der Waals surface area contributed by atoms with Crippen molar-refractivity contribution in [2.45, 2.75) is 33.5 Å². The zero-order valence-corrected chi connectivity index (χ0v) is 15.2. The first-order chi connectivity index (χ1) is 11.8. The van der Waals surface area contributed by atoms with Gasteiger partial charge in [0.25, 0.3) is 0 Å². The van der Waals surface area contributed by atoms with Gasteiger partial charge < -0.3 is 13.8 Å². The van der Waals surface area contributed by atoms with Crippen LogP contribution in [0.2, 0.25) is 0 Å². The van der Waals surface area contributed by atoms with E-state index in [9.17, 15) is 0 Å². The number of rotatable bonds is 10. The highest BCUT2D eigenvalue weighted by molar-refractivity contribution is 7.46. The lowest BCUT2D eigenvalue weighted by Gasteiger charge is -2.19. The molecule has 0 saturated heterocycles. The minimum absolute atomic E-state index is 0.447. The van der Waals surface area contributed by atoms with Gasteiger partial charge in [-0.05, 0) is 24.1 Å². The van der Waals surface area contributed by atoms with Gasteiger partial charge in [0.15, 0.2) is 6.35 Å². The quantitative estimate of drug-likeness (QED) is 0.390. The molecule has 0 fully saturated rings. The molecular formula is C20H25O3P. The topological polar surface area (TPSA) is 27.7 Å². The van der Waals surface area contributed by atoms with Gasteiger partial charge in [-0.15, -0.1) is 0 Å². The summed E-state index contributed by atoms with van der Waals surface area (Å²) in [6.07, 6.45) is 3.31. The van der Waals surface area contributed by atoms with Gasteiger partial charge in [0, 0.05) is 6.42 Å². The second-order valence-corrected chi connectivity index (χ2v) is 6.67. The second-order valence-electron chi connectivity index (χ2n) is 5.23. The summed E-state index contributed by atoms with van der Waals surface area (Å²) in [5, 5.41) is 0. The Bertz CT molecular complexity index is 555. The first kappa shape index (κ1) is 18.7. The van der Waals surface area contributed by atoms with Gasteiger partial charge in [-0.1, -0.05) is 67.6 Å². The van der Waals surface area contributed by atoms with Crippen LogP contribution in [0.1, 0.15) is 31.4 Å². The van der Waals surface area contributed by atoms with E-state index in [2.05, 4.69) is 31.2 Å². The summed E-state index contributed by atoms with van der Waals surface area (Å²) in [7, 11) is -1.12. The maximum atomic E-state index is 5.98. The third-order valence-corrected chi connectivity index (χ3v) is 4.64. The summed E-state index contributed by atoms with van der Waals surface area (Å²) in [5.41, 5.74) is 2.27. The van der Waals surface area contributed by atoms with E-state index in [-0.39, 0.29) is 0 Å². The lowest BCUT2D eigenvalue weighted by atomic mass is 10.2. The van der Waals surface area contributed by atoms with Crippen molar-refractivity contribution in [1.29, 1.82) is 0 Å². The molecule has 0 N–H and O–H groups in total. The van der Waals surface area contributed by atoms with Gasteiger partial charge in [-0.2, -0.15) is 0 Å². The monoisotopic (exact) mass is 344 g/mol. The first-order valence-electron chi connectivity index (χ1n) is 8.21. The largest absolute Gasteiger partial charge is 0.489 e. The van der Waals surface area contributed by atoms with E-state index in [4.69, 9.17) is 13.8 Å². The fourth-order valence-corrected chi connectivity index (χ4v) is 3.16. The van der Waals surface area contributed by atoms with Crippen LogP contribution in [0.5, 0.6) is 0 Å². The van der Waals surface area contributed by atoms with Crippen LogP contribution >= 0.6 is 8.38 Å². The molecule has 2 aromatic rings. The van der Waals surface area contributed by atoms with E-state index in [1.165, 1.54) is 0 Å². The molecule has 0 aliphatic carbocycles. The zero-order valence-electron chi connectivity index (χ0n) is 14.4. The van der Waals surface area contributed by atoms with Crippen LogP contribution in [0.4, 0.5) is 0 Å². The van der Waals surface area contributed by atoms with Crippen LogP contribution < -0.4 is 0 Å². The Balaban J connectivity index is 1.89. The average Bonchev–Trinajstić information content (AvgIpc) is 2.65. The highest BCUT2D eigenvalue weighted by Crippen LogP contribution is 2.41. The Kier molecular flexibility index (Phi) is 8.54. The van der Waals surface area contributed by atoms with Crippen LogP contribution in [0.3, 0.4) is 0 Å². The summed E-state index contributed by atoms with van der Waals surface area (Å²) in [5.74, 6) is 0.967. The summed E-state index contributed by atoms with van der Waals surface area (Å²) >= 11 is 0. The smallest absolute Gasteiger partial charge is 0.211 e. The van der Waals surface area contributed by atoms with E-state index >= 15 is 0 Å². The molecule has 0 heterocycles. The van der Waals surface area contributed by atoms with Gasteiger partial charge in [0.05, 0.1) is 19.0 Å². The molecule has 0 bridgehead atoms. The highest BCUT2D eigenvalue weighted by atomic mass is 31.2. The molecule has 0 unspecified atom stereocenters. The molecule has 2 rings (SSSR count). The molecule has 2 aromatic carbocycles. The zero-order chi connectivity index (χ0) is 17.0. The molecule has 0 aromatic heterocycles. The molecule has 3 nitrogen and oxygen atoms in total. The maximum absolute atomic E-state index is 5.98. The lowest BCUT2D eigenvalue weighted by molar-refractivity contribution is 0.186. The molecule has 0 spiro atoms. The number of ether oxygens (including phenoxy) is 1. The third-order valence-electron chi connectivity index (χ3n) is 3.46. The molecule has 24 heavy (non-hydrogen) atoms. The van der Waals surface area contributed by atoms with Crippen molar-refractivity contribution in [2.24, 2.45) is 0 Å². The maximum Gasteiger partial charge on any atom is 0.211 e. The molecule has 128 valence electrons. The minimum Gasteiger partial charge on any atom is -0.489 e. The SMILES string of the molecule is C/C=C(\CC)OCP(OCc1ccccc1)OCc1ccccc1. The predicted molar refractivity (Wildman–Crippen MR) is 99.4 cm³/mol. The lowest BCUT2D eigenvalue weighted by Crippen LogP contribution is -2.00. The summed E-state index contributed by atoms with van der Waals surface area (Å²) in [6.45, 7) is 5.12. The van der Waals surface area contributed by atoms with Crippen molar-refractivity contribution in [3.63, 3.8) is 0 Å². The van der Waals surface area contributed by atoms with Gasteiger partial charge in [-0.25, -0.2) is 0 Å². The fraction of sp³-hybridized carbons (Fsp3) is 0.300. The molecular weight excluding hydrogens is 319 g/mol. The van der Waals surface area contributed by atoms with Crippen LogP contribution in [0.15, 0.2) is 72.5 Å². The molecule has 0 amide bonds. The Morgan fingerprint density at radius 3 is 1.79 bits per heavy atom. The van der Waals surface area contributed by atoms with Crippen molar-refractivity contribution < 1.29 is 13.8 Å². The van der Waals surface area contributed by atoms with Crippen molar-refractivity contribution >= 4 is 8.38 Å². The summed E-state index contributed by atoms with van der Waals surface area (Å²) < 4.78 is 17.8. The Hall–Kier alpha value is -1.67. The fourth-order valence-electron chi connectivity index (χ4n) is 2.08. The Morgan fingerprint density at radius 2 is 1.38 bits per heavy atom. The van der Waals surface area contributed by atoms with Crippen LogP contribution in [0.25, 0.3) is 0 Å². The third kappa shape index (κ3) is 6.84. The molecule has 0 aliphatic rings. The molecule has 0 aliphatic heterocycles. The van der Waals surface area contributed by atoms with E-state index in [0.717, 1.165) is 23.3 Å². The Labute approximate surface area is 146 Å². The number of hydrogen-bond donors (Lipinski definition) is 0. The molecule has 0 saturated carbocycles. The van der Waals surface area contributed by atoms with Gasteiger partial charge in [-0.3, -0.25) is 0 Å².